The zero-order valence-electron chi connectivity index (χ0n) is 17.3. The second-order valence-electron chi connectivity index (χ2n) is 8.05. The van der Waals surface area contributed by atoms with Crippen molar-refractivity contribution in [1.29, 1.82) is 0 Å². The minimum atomic E-state index is -2.87. The highest BCUT2D eigenvalue weighted by molar-refractivity contribution is 7.99. The second-order valence-corrected chi connectivity index (χ2v) is 9.08. The SMILES string of the molecule is CCCC[C@H]1CC[C@H](c2c(C(=O)O)cccc2-c2ccc(SC(F)F)c(F)c2F)CC1. The van der Waals surface area contributed by atoms with E-state index in [0.717, 1.165) is 44.6 Å². The van der Waals surface area contributed by atoms with Gasteiger partial charge in [-0.25, -0.2) is 13.6 Å². The van der Waals surface area contributed by atoms with E-state index in [2.05, 4.69) is 6.92 Å². The van der Waals surface area contributed by atoms with E-state index in [0.29, 0.717) is 17.0 Å². The van der Waals surface area contributed by atoms with Gasteiger partial charge in [0.1, 0.15) is 0 Å². The molecule has 31 heavy (non-hydrogen) atoms. The fourth-order valence-electron chi connectivity index (χ4n) is 4.59. The molecule has 2 aromatic carbocycles. The molecule has 2 aromatic rings. The Labute approximate surface area is 184 Å². The first-order valence-corrected chi connectivity index (χ1v) is 11.5. The molecule has 0 atom stereocenters. The Hall–Kier alpha value is -2.02. The number of hydrogen-bond acceptors (Lipinski definition) is 2. The lowest BCUT2D eigenvalue weighted by molar-refractivity contribution is 0.0694. The van der Waals surface area contributed by atoms with Gasteiger partial charge in [-0.1, -0.05) is 56.1 Å². The number of carboxylic acids is 1. The molecule has 1 aliphatic rings. The van der Waals surface area contributed by atoms with E-state index in [1.807, 2.05) is 0 Å². The van der Waals surface area contributed by atoms with Gasteiger partial charge in [0, 0.05) is 5.56 Å². The van der Waals surface area contributed by atoms with Gasteiger partial charge in [-0.2, -0.15) is 8.78 Å². The summed E-state index contributed by atoms with van der Waals surface area (Å²) >= 11 is -0.0524. The van der Waals surface area contributed by atoms with E-state index in [-0.39, 0.29) is 28.8 Å². The summed E-state index contributed by atoms with van der Waals surface area (Å²) in [6, 6.07) is 6.97. The van der Waals surface area contributed by atoms with Crippen molar-refractivity contribution >= 4 is 17.7 Å². The number of rotatable bonds is 8. The van der Waals surface area contributed by atoms with Crippen molar-refractivity contribution < 1.29 is 27.5 Å². The summed E-state index contributed by atoms with van der Waals surface area (Å²) in [5.41, 5.74) is 0.820. The van der Waals surface area contributed by atoms with Crippen LogP contribution in [0.5, 0.6) is 0 Å². The zero-order valence-corrected chi connectivity index (χ0v) is 18.2. The van der Waals surface area contributed by atoms with E-state index in [4.69, 9.17) is 0 Å². The molecule has 1 fully saturated rings. The van der Waals surface area contributed by atoms with Crippen LogP contribution < -0.4 is 0 Å². The van der Waals surface area contributed by atoms with Crippen LogP contribution in [-0.2, 0) is 0 Å². The van der Waals surface area contributed by atoms with Crippen molar-refractivity contribution in [3.63, 3.8) is 0 Å². The number of halogens is 4. The number of alkyl halides is 2. The van der Waals surface area contributed by atoms with Crippen LogP contribution >= 0.6 is 11.8 Å². The minimum absolute atomic E-state index is 0.0524. The van der Waals surface area contributed by atoms with Crippen LogP contribution in [-0.4, -0.2) is 16.8 Å². The van der Waals surface area contributed by atoms with Gasteiger partial charge in [-0.3, -0.25) is 0 Å². The van der Waals surface area contributed by atoms with Crippen molar-refractivity contribution in [2.45, 2.75) is 68.4 Å². The Morgan fingerprint density at radius 2 is 1.77 bits per heavy atom. The highest BCUT2D eigenvalue weighted by Gasteiger charge is 2.29. The Balaban J connectivity index is 2.00. The summed E-state index contributed by atoms with van der Waals surface area (Å²) in [5, 5.41) is 9.75. The topological polar surface area (TPSA) is 37.3 Å². The quantitative estimate of drug-likeness (QED) is 0.323. The largest absolute Gasteiger partial charge is 0.478 e. The van der Waals surface area contributed by atoms with E-state index in [1.165, 1.54) is 24.6 Å². The molecule has 0 bridgehead atoms. The lowest BCUT2D eigenvalue weighted by Crippen LogP contribution is -2.17. The summed E-state index contributed by atoms with van der Waals surface area (Å²) < 4.78 is 54.6. The van der Waals surface area contributed by atoms with Crippen molar-refractivity contribution in [1.82, 2.24) is 0 Å². The number of thioether (sulfide) groups is 1. The highest BCUT2D eigenvalue weighted by atomic mass is 32.2. The molecule has 0 heterocycles. The Morgan fingerprint density at radius 3 is 2.39 bits per heavy atom. The molecule has 0 unspecified atom stereocenters. The fourth-order valence-corrected chi connectivity index (χ4v) is 5.12. The Bertz CT molecular complexity index is 924. The molecule has 1 N–H and O–H groups in total. The van der Waals surface area contributed by atoms with Gasteiger partial charge in [0.15, 0.2) is 11.6 Å². The number of aromatic carboxylic acids is 1. The molecule has 2 nitrogen and oxygen atoms in total. The molecule has 0 radical (unpaired) electrons. The van der Waals surface area contributed by atoms with Gasteiger partial charge in [0.05, 0.1) is 10.5 Å². The van der Waals surface area contributed by atoms with E-state index in [9.17, 15) is 27.5 Å². The molecule has 168 valence electrons. The molecule has 0 aliphatic heterocycles. The summed E-state index contributed by atoms with van der Waals surface area (Å²) in [5.74, 6) is -6.01. The molecule has 3 rings (SSSR count). The summed E-state index contributed by atoms with van der Waals surface area (Å²) in [6.45, 7) is 2.15. The second kappa shape index (κ2) is 10.5. The van der Waals surface area contributed by atoms with Crippen LogP contribution in [0, 0.1) is 17.6 Å². The molecule has 0 aromatic heterocycles. The first-order valence-electron chi connectivity index (χ1n) is 10.6. The summed E-state index contributed by atoms with van der Waals surface area (Å²) in [6.07, 6.45) is 6.97. The monoisotopic (exact) mass is 454 g/mol. The number of benzene rings is 2. The van der Waals surface area contributed by atoms with Crippen LogP contribution in [0.15, 0.2) is 35.2 Å². The maximum absolute atomic E-state index is 14.9. The Morgan fingerprint density at radius 1 is 1.06 bits per heavy atom. The number of hydrogen-bond donors (Lipinski definition) is 1. The first-order chi connectivity index (χ1) is 14.8. The molecule has 1 aliphatic carbocycles. The van der Waals surface area contributed by atoms with Gasteiger partial charge in [-0.05, 0) is 60.8 Å². The van der Waals surface area contributed by atoms with Gasteiger partial charge in [-0.15, -0.1) is 0 Å². The average molecular weight is 455 g/mol. The van der Waals surface area contributed by atoms with Crippen molar-refractivity contribution in [2.75, 3.05) is 0 Å². The van der Waals surface area contributed by atoms with Gasteiger partial charge >= 0.3 is 5.97 Å². The van der Waals surface area contributed by atoms with Gasteiger partial charge < -0.3 is 5.11 Å². The van der Waals surface area contributed by atoms with Crippen molar-refractivity contribution in [3.8, 4) is 11.1 Å². The Kier molecular flexibility index (Phi) is 8.03. The highest BCUT2D eigenvalue weighted by Crippen LogP contribution is 2.44. The van der Waals surface area contributed by atoms with Crippen LogP contribution in [0.25, 0.3) is 11.1 Å². The van der Waals surface area contributed by atoms with Crippen LogP contribution in [0.1, 0.15) is 73.7 Å². The van der Waals surface area contributed by atoms with Crippen molar-refractivity contribution in [3.05, 3.63) is 53.1 Å². The molecule has 0 saturated heterocycles. The van der Waals surface area contributed by atoms with E-state index in [1.54, 1.807) is 6.07 Å². The lowest BCUT2D eigenvalue weighted by atomic mass is 9.74. The zero-order chi connectivity index (χ0) is 22.5. The predicted molar refractivity (Wildman–Crippen MR) is 115 cm³/mol. The molecular weight excluding hydrogens is 428 g/mol. The molecule has 1 saturated carbocycles. The van der Waals surface area contributed by atoms with Gasteiger partial charge in [0.25, 0.3) is 5.76 Å². The molecule has 7 heteroatoms. The maximum Gasteiger partial charge on any atom is 0.335 e. The minimum Gasteiger partial charge on any atom is -0.478 e. The predicted octanol–water partition coefficient (Wildman–Crippen LogP) is 8.11. The normalized spacial score (nSPS) is 19.0. The van der Waals surface area contributed by atoms with E-state index >= 15 is 0 Å². The third-order valence-electron chi connectivity index (χ3n) is 6.11. The molecular formula is C24H26F4O2S. The van der Waals surface area contributed by atoms with Crippen LogP contribution in [0.2, 0.25) is 0 Å². The van der Waals surface area contributed by atoms with E-state index < -0.39 is 28.3 Å². The average Bonchev–Trinajstić information content (AvgIpc) is 2.75. The van der Waals surface area contributed by atoms with Crippen LogP contribution in [0.4, 0.5) is 17.6 Å². The third-order valence-corrected chi connectivity index (χ3v) is 6.86. The lowest BCUT2D eigenvalue weighted by Gasteiger charge is -2.31. The van der Waals surface area contributed by atoms with Crippen molar-refractivity contribution in [2.24, 2.45) is 5.92 Å². The maximum atomic E-state index is 14.9. The molecule has 0 amide bonds. The third kappa shape index (κ3) is 5.43. The van der Waals surface area contributed by atoms with Gasteiger partial charge in [0.2, 0.25) is 0 Å². The summed E-state index contributed by atoms with van der Waals surface area (Å²) in [4.78, 5) is 11.5. The summed E-state index contributed by atoms with van der Waals surface area (Å²) in [7, 11) is 0. The fraction of sp³-hybridized carbons (Fsp3) is 0.458. The smallest absolute Gasteiger partial charge is 0.335 e. The number of carbonyl (C=O) groups is 1. The van der Waals surface area contributed by atoms with Crippen LogP contribution in [0.3, 0.4) is 0 Å². The molecule has 0 spiro atoms. The number of carboxylic acid groups (broad SMARTS) is 1. The first kappa shape index (κ1) is 23.6. The number of unbranched alkanes of at least 4 members (excludes halogenated alkanes) is 1. The standard InChI is InChI=1S/C24H26F4O2S/c1-2-3-5-14-8-10-15(11-9-14)20-16(6-4-7-18(20)23(29)30)17-12-13-19(31-24(27)28)22(26)21(17)25/h4,6-7,12-15,24H,2-3,5,8-11H2,1H3,(H,29,30)/t14-,15-.